The van der Waals surface area contributed by atoms with E-state index in [0.29, 0.717) is 5.92 Å². The van der Waals surface area contributed by atoms with Crippen LogP contribution in [0.15, 0.2) is 29.2 Å². The van der Waals surface area contributed by atoms with Crippen LogP contribution in [0.3, 0.4) is 0 Å². The summed E-state index contributed by atoms with van der Waals surface area (Å²) < 4.78 is 27.6. The maximum absolute atomic E-state index is 12.4. The predicted molar refractivity (Wildman–Crippen MR) is 79.8 cm³/mol. The monoisotopic (exact) mass is 311 g/mol. The van der Waals surface area contributed by atoms with Crippen molar-refractivity contribution in [2.75, 3.05) is 0 Å². The Morgan fingerprint density at radius 1 is 1.33 bits per heavy atom. The minimum atomic E-state index is -3.67. The zero-order chi connectivity index (χ0) is 15.5. The van der Waals surface area contributed by atoms with Crippen molar-refractivity contribution in [1.29, 1.82) is 0 Å². The molecule has 6 heteroatoms. The highest BCUT2D eigenvalue weighted by Crippen LogP contribution is 2.28. The van der Waals surface area contributed by atoms with Gasteiger partial charge in [0.1, 0.15) is 0 Å². The SMILES string of the molecule is CCC1CCCCC1NS(=O)(=O)c1cccc(C(=O)O)c1. The molecule has 0 aromatic heterocycles. The van der Waals surface area contributed by atoms with Crippen LogP contribution >= 0.6 is 0 Å². The predicted octanol–water partition coefficient (Wildman–Crippen LogP) is 2.63. The van der Waals surface area contributed by atoms with Gasteiger partial charge in [0.15, 0.2) is 0 Å². The lowest BCUT2D eigenvalue weighted by atomic mass is 9.83. The van der Waals surface area contributed by atoms with E-state index in [4.69, 9.17) is 5.11 Å². The van der Waals surface area contributed by atoms with Gasteiger partial charge in [-0.25, -0.2) is 17.9 Å². The summed E-state index contributed by atoms with van der Waals surface area (Å²) in [5.41, 5.74) is -0.0199. The summed E-state index contributed by atoms with van der Waals surface area (Å²) in [6.45, 7) is 2.07. The van der Waals surface area contributed by atoms with E-state index in [1.165, 1.54) is 24.3 Å². The molecule has 1 saturated carbocycles. The molecule has 0 bridgehead atoms. The first-order chi connectivity index (χ1) is 9.94. The fourth-order valence-corrected chi connectivity index (χ4v) is 4.30. The van der Waals surface area contributed by atoms with Crippen molar-refractivity contribution in [2.45, 2.75) is 50.0 Å². The Morgan fingerprint density at radius 2 is 2.05 bits per heavy atom. The van der Waals surface area contributed by atoms with Crippen LogP contribution < -0.4 is 4.72 Å². The standard InChI is InChI=1S/C15H21NO4S/c1-2-11-6-3-4-9-14(11)16-21(19,20)13-8-5-7-12(10-13)15(17)18/h5,7-8,10-11,14,16H,2-4,6,9H2,1H3,(H,17,18). The summed E-state index contributed by atoms with van der Waals surface area (Å²) in [5, 5.41) is 8.96. The molecular weight excluding hydrogens is 290 g/mol. The number of carbonyl (C=O) groups is 1. The number of carboxylic acids is 1. The molecule has 1 aliphatic carbocycles. The number of sulfonamides is 1. The molecule has 1 aromatic rings. The molecule has 5 nitrogen and oxygen atoms in total. The minimum Gasteiger partial charge on any atom is -0.478 e. The number of nitrogens with one attached hydrogen (secondary N) is 1. The first-order valence-corrected chi connectivity index (χ1v) is 8.78. The molecule has 2 N–H and O–H groups in total. The van der Waals surface area contributed by atoms with Gasteiger partial charge < -0.3 is 5.11 Å². The number of benzene rings is 1. The van der Waals surface area contributed by atoms with Crippen LogP contribution in [0.1, 0.15) is 49.4 Å². The zero-order valence-electron chi connectivity index (χ0n) is 12.1. The molecule has 21 heavy (non-hydrogen) atoms. The van der Waals surface area contributed by atoms with Gasteiger partial charge in [-0.1, -0.05) is 32.3 Å². The number of rotatable bonds is 5. The first-order valence-electron chi connectivity index (χ1n) is 7.29. The van der Waals surface area contributed by atoms with E-state index in [2.05, 4.69) is 11.6 Å². The molecule has 116 valence electrons. The Bertz CT molecular complexity index is 612. The third-order valence-corrected chi connectivity index (χ3v) is 5.62. The van der Waals surface area contributed by atoms with Gasteiger partial charge in [-0.2, -0.15) is 0 Å². The smallest absolute Gasteiger partial charge is 0.335 e. The van der Waals surface area contributed by atoms with Crippen molar-refractivity contribution in [3.63, 3.8) is 0 Å². The first kappa shape index (κ1) is 16.0. The molecule has 0 radical (unpaired) electrons. The van der Waals surface area contributed by atoms with Crippen molar-refractivity contribution in [3.05, 3.63) is 29.8 Å². The Kier molecular flexibility index (Phi) is 5.00. The Hall–Kier alpha value is -1.40. The van der Waals surface area contributed by atoms with Crippen LogP contribution in [0, 0.1) is 5.92 Å². The molecule has 1 aliphatic rings. The highest BCUT2D eigenvalue weighted by Gasteiger charge is 2.28. The van der Waals surface area contributed by atoms with E-state index in [1.54, 1.807) is 0 Å². The fourth-order valence-electron chi connectivity index (χ4n) is 2.92. The van der Waals surface area contributed by atoms with Gasteiger partial charge in [0.25, 0.3) is 0 Å². The van der Waals surface area contributed by atoms with Gasteiger partial charge in [0, 0.05) is 6.04 Å². The van der Waals surface area contributed by atoms with Crippen molar-refractivity contribution >= 4 is 16.0 Å². The van der Waals surface area contributed by atoms with Crippen LogP contribution in [0.4, 0.5) is 0 Å². The van der Waals surface area contributed by atoms with E-state index in [1.807, 2.05) is 0 Å². The Balaban J connectivity index is 2.21. The minimum absolute atomic E-state index is 0.0165. The number of aromatic carboxylic acids is 1. The quantitative estimate of drug-likeness (QED) is 0.875. The highest BCUT2D eigenvalue weighted by atomic mass is 32.2. The summed E-state index contributed by atoms with van der Waals surface area (Å²) in [4.78, 5) is 11.0. The third-order valence-electron chi connectivity index (χ3n) is 4.13. The molecule has 1 fully saturated rings. The lowest BCUT2D eigenvalue weighted by molar-refractivity contribution is 0.0696. The molecule has 2 rings (SSSR count). The molecule has 1 aromatic carbocycles. The molecule has 0 spiro atoms. The van der Waals surface area contributed by atoms with Crippen LogP contribution in [-0.2, 0) is 10.0 Å². The summed E-state index contributed by atoms with van der Waals surface area (Å²) in [5.74, 6) is -0.771. The fraction of sp³-hybridized carbons (Fsp3) is 0.533. The van der Waals surface area contributed by atoms with E-state index in [-0.39, 0.29) is 16.5 Å². The van der Waals surface area contributed by atoms with E-state index in [9.17, 15) is 13.2 Å². The second kappa shape index (κ2) is 6.58. The van der Waals surface area contributed by atoms with Crippen molar-refractivity contribution in [1.82, 2.24) is 4.72 Å². The van der Waals surface area contributed by atoms with Crippen molar-refractivity contribution in [3.8, 4) is 0 Å². The molecule has 0 aliphatic heterocycles. The zero-order valence-corrected chi connectivity index (χ0v) is 12.9. The van der Waals surface area contributed by atoms with Gasteiger partial charge in [-0.3, -0.25) is 0 Å². The molecule has 2 unspecified atom stereocenters. The van der Waals surface area contributed by atoms with Gasteiger partial charge in [0.05, 0.1) is 10.5 Å². The van der Waals surface area contributed by atoms with Gasteiger partial charge in [-0.05, 0) is 37.0 Å². The molecule has 2 atom stereocenters. The number of hydrogen-bond donors (Lipinski definition) is 2. The van der Waals surface area contributed by atoms with Crippen LogP contribution in [0.2, 0.25) is 0 Å². The van der Waals surface area contributed by atoms with Crippen LogP contribution in [-0.4, -0.2) is 25.5 Å². The summed E-state index contributed by atoms with van der Waals surface area (Å²) in [6.07, 6.45) is 5.00. The Morgan fingerprint density at radius 3 is 2.71 bits per heavy atom. The summed E-state index contributed by atoms with van der Waals surface area (Å²) >= 11 is 0. The lowest BCUT2D eigenvalue weighted by Gasteiger charge is -2.31. The normalized spacial score (nSPS) is 22.9. The maximum Gasteiger partial charge on any atom is 0.335 e. The van der Waals surface area contributed by atoms with Gasteiger partial charge in [-0.15, -0.1) is 0 Å². The van der Waals surface area contributed by atoms with Crippen molar-refractivity contribution < 1.29 is 18.3 Å². The van der Waals surface area contributed by atoms with Gasteiger partial charge in [0.2, 0.25) is 10.0 Å². The lowest BCUT2D eigenvalue weighted by Crippen LogP contribution is -2.41. The van der Waals surface area contributed by atoms with Crippen LogP contribution in [0.25, 0.3) is 0 Å². The van der Waals surface area contributed by atoms with E-state index < -0.39 is 16.0 Å². The summed E-state index contributed by atoms with van der Waals surface area (Å²) in [7, 11) is -3.67. The van der Waals surface area contributed by atoms with Crippen LogP contribution in [0.5, 0.6) is 0 Å². The number of carboxylic acid groups (broad SMARTS) is 1. The maximum atomic E-state index is 12.4. The number of hydrogen-bond acceptors (Lipinski definition) is 3. The topological polar surface area (TPSA) is 83.5 Å². The molecular formula is C15H21NO4S. The second-order valence-electron chi connectivity index (χ2n) is 5.51. The average Bonchev–Trinajstić information content (AvgIpc) is 2.47. The highest BCUT2D eigenvalue weighted by molar-refractivity contribution is 7.89. The largest absolute Gasteiger partial charge is 0.478 e. The van der Waals surface area contributed by atoms with Crippen molar-refractivity contribution in [2.24, 2.45) is 5.92 Å². The van der Waals surface area contributed by atoms with Gasteiger partial charge >= 0.3 is 5.97 Å². The molecule has 0 amide bonds. The average molecular weight is 311 g/mol. The molecule has 0 saturated heterocycles. The Labute approximate surface area is 125 Å². The third kappa shape index (κ3) is 3.83. The van der Waals surface area contributed by atoms with E-state index in [0.717, 1.165) is 32.1 Å². The summed E-state index contributed by atoms with van der Waals surface area (Å²) in [6, 6.07) is 5.42. The van der Waals surface area contributed by atoms with E-state index >= 15 is 0 Å². The molecule has 0 heterocycles. The second-order valence-corrected chi connectivity index (χ2v) is 7.23.